The predicted molar refractivity (Wildman–Crippen MR) is 80.5 cm³/mol. The maximum Gasteiger partial charge on any atom is 0.489 e. The first kappa shape index (κ1) is 14.3. The first-order valence-corrected chi connectivity index (χ1v) is 6.54. The van der Waals surface area contributed by atoms with Crippen LogP contribution in [0.15, 0.2) is 42.5 Å². The van der Waals surface area contributed by atoms with Crippen LogP contribution >= 0.6 is 0 Å². The zero-order valence-electron chi connectivity index (χ0n) is 11.5. The van der Waals surface area contributed by atoms with E-state index in [9.17, 15) is 15.3 Å². The molecule has 0 fully saturated rings. The summed E-state index contributed by atoms with van der Waals surface area (Å²) >= 11 is 0. The van der Waals surface area contributed by atoms with Crippen LogP contribution in [-0.4, -0.2) is 17.2 Å². The van der Waals surface area contributed by atoms with Crippen molar-refractivity contribution in [2.75, 3.05) is 0 Å². The summed E-state index contributed by atoms with van der Waals surface area (Å²) in [7, 11) is -1.56. The average molecular weight is 265 g/mol. The van der Waals surface area contributed by atoms with Crippen LogP contribution in [0.4, 0.5) is 0 Å². The van der Waals surface area contributed by atoms with Gasteiger partial charge in [0.1, 0.15) is 0 Å². The summed E-state index contributed by atoms with van der Waals surface area (Å²) in [5.74, 6) is 0.110. The second kappa shape index (κ2) is 5.91. The molecule has 2 aromatic carbocycles. The van der Waals surface area contributed by atoms with Crippen LogP contribution in [0.2, 0.25) is 0 Å². The van der Waals surface area contributed by atoms with Crippen molar-refractivity contribution in [2.24, 2.45) is 0 Å². The van der Waals surface area contributed by atoms with E-state index in [1.165, 1.54) is 0 Å². The second-order valence-electron chi connectivity index (χ2n) is 5.00. The Labute approximate surface area is 119 Å². The van der Waals surface area contributed by atoms with Gasteiger partial charge in [0.2, 0.25) is 0 Å². The van der Waals surface area contributed by atoms with Crippen molar-refractivity contribution in [1.29, 1.82) is 5.26 Å². The highest BCUT2D eigenvalue weighted by atomic mass is 16.4. The van der Waals surface area contributed by atoms with Gasteiger partial charge in [0.15, 0.2) is 0 Å². The van der Waals surface area contributed by atoms with Gasteiger partial charge in [0.25, 0.3) is 0 Å². The Balaban J connectivity index is 2.83. The molecule has 0 spiro atoms. The minimum Gasteiger partial charge on any atom is -0.423 e. The number of hydrogen-bond acceptors (Lipinski definition) is 3. The van der Waals surface area contributed by atoms with Crippen LogP contribution in [0.25, 0.3) is 11.1 Å². The molecule has 20 heavy (non-hydrogen) atoms. The molecular weight excluding hydrogens is 249 g/mol. The first-order chi connectivity index (χ1) is 9.56. The summed E-state index contributed by atoms with van der Waals surface area (Å²) in [6.07, 6.45) is 0. The van der Waals surface area contributed by atoms with Gasteiger partial charge >= 0.3 is 7.12 Å². The Hall–Kier alpha value is -2.09. The van der Waals surface area contributed by atoms with Crippen LogP contribution in [0.3, 0.4) is 0 Å². The van der Waals surface area contributed by atoms with Crippen molar-refractivity contribution in [1.82, 2.24) is 0 Å². The van der Waals surface area contributed by atoms with Gasteiger partial charge in [-0.25, -0.2) is 0 Å². The van der Waals surface area contributed by atoms with Gasteiger partial charge in [0.05, 0.1) is 11.6 Å². The van der Waals surface area contributed by atoms with Gasteiger partial charge in [-0.3, -0.25) is 0 Å². The maximum atomic E-state index is 9.61. The van der Waals surface area contributed by atoms with E-state index >= 15 is 0 Å². The highest BCUT2D eigenvalue weighted by molar-refractivity contribution is 6.60. The van der Waals surface area contributed by atoms with Crippen molar-refractivity contribution in [3.8, 4) is 17.2 Å². The van der Waals surface area contributed by atoms with E-state index in [-0.39, 0.29) is 5.92 Å². The highest BCUT2D eigenvalue weighted by Crippen LogP contribution is 2.30. The van der Waals surface area contributed by atoms with Crippen LogP contribution in [0.1, 0.15) is 30.9 Å². The van der Waals surface area contributed by atoms with Crippen molar-refractivity contribution in [3.05, 3.63) is 53.6 Å². The summed E-state index contributed by atoms with van der Waals surface area (Å²) in [6.45, 7) is 3.99. The highest BCUT2D eigenvalue weighted by Gasteiger charge is 2.23. The summed E-state index contributed by atoms with van der Waals surface area (Å²) in [4.78, 5) is 0. The molecule has 2 N–H and O–H groups in total. The molecule has 0 saturated carbocycles. The van der Waals surface area contributed by atoms with Gasteiger partial charge in [-0.05, 0) is 34.1 Å². The lowest BCUT2D eigenvalue weighted by molar-refractivity contribution is 0.426. The summed E-state index contributed by atoms with van der Waals surface area (Å²) < 4.78 is 0. The first-order valence-electron chi connectivity index (χ1n) is 6.54. The maximum absolute atomic E-state index is 9.61. The monoisotopic (exact) mass is 265 g/mol. The lowest BCUT2D eigenvalue weighted by Crippen LogP contribution is -2.32. The third kappa shape index (κ3) is 2.60. The minimum atomic E-state index is -1.56. The molecule has 0 saturated heterocycles. The normalized spacial score (nSPS) is 10.4. The molecule has 0 aliphatic carbocycles. The molecule has 0 radical (unpaired) electrons. The Bertz CT molecular complexity index is 646. The van der Waals surface area contributed by atoms with E-state index in [2.05, 4.69) is 6.07 Å². The zero-order chi connectivity index (χ0) is 14.7. The van der Waals surface area contributed by atoms with Crippen LogP contribution < -0.4 is 5.46 Å². The molecule has 0 aliphatic heterocycles. The molecule has 2 aromatic rings. The Morgan fingerprint density at radius 3 is 2.20 bits per heavy atom. The molecule has 4 heteroatoms. The molecule has 0 atom stereocenters. The van der Waals surface area contributed by atoms with Crippen LogP contribution in [0, 0.1) is 11.3 Å². The van der Waals surface area contributed by atoms with E-state index in [1.807, 2.05) is 44.2 Å². The molecule has 0 aromatic heterocycles. The lowest BCUT2D eigenvalue weighted by atomic mass is 9.71. The topological polar surface area (TPSA) is 64.2 Å². The molecule has 0 aliphatic rings. The third-order valence-electron chi connectivity index (χ3n) is 3.32. The molecule has 0 unspecified atom stereocenters. The van der Waals surface area contributed by atoms with E-state index < -0.39 is 7.12 Å². The van der Waals surface area contributed by atoms with Gasteiger partial charge in [0, 0.05) is 0 Å². The molecule has 3 nitrogen and oxygen atoms in total. The number of hydrogen-bond donors (Lipinski definition) is 2. The largest absolute Gasteiger partial charge is 0.489 e. The van der Waals surface area contributed by atoms with E-state index in [1.54, 1.807) is 12.1 Å². The third-order valence-corrected chi connectivity index (χ3v) is 3.32. The number of nitriles is 1. The summed E-state index contributed by atoms with van der Waals surface area (Å²) in [5.41, 5.74) is 3.48. The minimum absolute atomic E-state index is 0.110. The SMILES string of the molecule is CC(C)c1c(C#N)ccc(B(O)O)c1-c1ccccc1. The lowest BCUT2D eigenvalue weighted by Gasteiger charge is -2.19. The Kier molecular flexibility index (Phi) is 4.24. The van der Waals surface area contributed by atoms with Gasteiger partial charge in [-0.1, -0.05) is 50.2 Å². The number of nitrogens with zero attached hydrogens (tertiary/aromatic N) is 1. The van der Waals surface area contributed by atoms with Gasteiger partial charge in [-0.2, -0.15) is 5.26 Å². The molecule has 0 bridgehead atoms. The molecule has 0 amide bonds. The summed E-state index contributed by atoms with van der Waals surface area (Å²) in [6, 6.07) is 15.0. The molecule has 2 rings (SSSR count). The summed E-state index contributed by atoms with van der Waals surface area (Å²) in [5, 5.41) is 28.5. The smallest absolute Gasteiger partial charge is 0.423 e. The zero-order valence-corrected chi connectivity index (χ0v) is 11.5. The fraction of sp³-hybridized carbons (Fsp3) is 0.188. The second-order valence-corrected chi connectivity index (χ2v) is 5.00. The van der Waals surface area contributed by atoms with Crippen molar-refractivity contribution in [3.63, 3.8) is 0 Å². The predicted octanol–water partition coefficient (Wildman–Crippen LogP) is 2.03. The van der Waals surface area contributed by atoms with E-state index in [0.717, 1.165) is 16.7 Å². The fourth-order valence-corrected chi connectivity index (χ4v) is 2.48. The molecule has 0 heterocycles. The van der Waals surface area contributed by atoms with Gasteiger partial charge in [-0.15, -0.1) is 0 Å². The van der Waals surface area contributed by atoms with E-state index in [4.69, 9.17) is 0 Å². The number of benzene rings is 2. The standard InChI is InChI=1S/C16H16BNO2/c1-11(2)15-13(10-18)8-9-14(17(19)20)16(15)12-6-4-3-5-7-12/h3-9,11,19-20H,1-2H3. The quantitative estimate of drug-likeness (QED) is 0.834. The van der Waals surface area contributed by atoms with Gasteiger partial charge < -0.3 is 10.0 Å². The number of rotatable bonds is 3. The van der Waals surface area contributed by atoms with E-state index in [0.29, 0.717) is 11.0 Å². The van der Waals surface area contributed by atoms with Crippen molar-refractivity contribution >= 4 is 12.6 Å². The van der Waals surface area contributed by atoms with Crippen LogP contribution in [-0.2, 0) is 0 Å². The van der Waals surface area contributed by atoms with Crippen molar-refractivity contribution < 1.29 is 10.0 Å². The average Bonchev–Trinajstić information content (AvgIpc) is 2.46. The molecular formula is C16H16BNO2. The molecule has 100 valence electrons. The Morgan fingerprint density at radius 1 is 1.05 bits per heavy atom. The fourth-order valence-electron chi connectivity index (χ4n) is 2.48. The van der Waals surface area contributed by atoms with Crippen molar-refractivity contribution in [2.45, 2.75) is 19.8 Å². The van der Waals surface area contributed by atoms with Crippen LogP contribution in [0.5, 0.6) is 0 Å². The Morgan fingerprint density at radius 2 is 1.70 bits per heavy atom.